The van der Waals surface area contributed by atoms with Crippen LogP contribution in [0.2, 0.25) is 0 Å². The molecule has 3 aromatic rings. The molecule has 2 aromatic heterocycles. The van der Waals surface area contributed by atoms with Crippen LogP contribution in [0, 0.1) is 0 Å². The van der Waals surface area contributed by atoms with Crippen LogP contribution >= 0.6 is 34.9 Å². The molecular weight excluding hydrogens is 402 g/mol. The Morgan fingerprint density at radius 1 is 1.11 bits per heavy atom. The number of guanidine groups is 1. The van der Waals surface area contributed by atoms with E-state index in [-0.39, 0.29) is 5.11 Å². The van der Waals surface area contributed by atoms with Gasteiger partial charge in [0.25, 0.3) is 0 Å². The second-order valence-corrected chi connectivity index (χ2v) is 7.03. The van der Waals surface area contributed by atoms with Gasteiger partial charge in [-0.15, -0.1) is 22.7 Å². The van der Waals surface area contributed by atoms with Gasteiger partial charge in [0, 0.05) is 28.7 Å². The lowest BCUT2D eigenvalue weighted by Crippen LogP contribution is -2.22. The molecule has 2 heterocycles. The van der Waals surface area contributed by atoms with E-state index in [1.54, 1.807) is 19.5 Å². The second-order valence-electron chi connectivity index (χ2n) is 4.80. The molecule has 1 aromatic carbocycles. The number of anilines is 2. The average Bonchev–Trinajstić information content (AvgIpc) is 3.34. The quantitative estimate of drug-likeness (QED) is 0.282. The van der Waals surface area contributed by atoms with Crippen LogP contribution in [-0.4, -0.2) is 28.1 Å². The minimum Gasteiger partial charge on any atom is -0.496 e. The van der Waals surface area contributed by atoms with Gasteiger partial charge in [0.1, 0.15) is 5.75 Å². The highest BCUT2D eigenvalue weighted by molar-refractivity contribution is 7.80. The molecule has 0 radical (unpaired) electrons. The first kappa shape index (κ1) is 20.6. The van der Waals surface area contributed by atoms with Gasteiger partial charge >= 0.3 is 0 Å². The molecule has 3 rings (SSSR count). The number of rotatable bonds is 5. The Balaban J connectivity index is 0.000000244. The molecule has 0 unspecified atom stereocenters. The van der Waals surface area contributed by atoms with E-state index in [9.17, 15) is 0 Å². The second kappa shape index (κ2) is 11.1. The Morgan fingerprint density at radius 2 is 1.74 bits per heavy atom. The molecule has 0 atom stereocenters. The number of nitrogens with zero attached hydrogens (tertiary/aromatic N) is 3. The molecule has 27 heavy (non-hydrogen) atoms. The van der Waals surface area contributed by atoms with Crippen LogP contribution in [-0.2, 0) is 6.54 Å². The van der Waals surface area contributed by atoms with Gasteiger partial charge in [-0.2, -0.15) is 0 Å². The Morgan fingerprint density at radius 3 is 2.30 bits per heavy atom. The molecule has 8 nitrogen and oxygen atoms in total. The molecule has 0 aliphatic carbocycles. The lowest BCUT2D eigenvalue weighted by atomic mass is 10.2. The van der Waals surface area contributed by atoms with Gasteiger partial charge in [0.2, 0.25) is 0 Å². The predicted octanol–water partition coefficient (Wildman–Crippen LogP) is 2.88. The van der Waals surface area contributed by atoms with Gasteiger partial charge in [-0.05, 0) is 18.3 Å². The summed E-state index contributed by atoms with van der Waals surface area (Å²) in [6.07, 6.45) is 3.39. The summed E-state index contributed by atoms with van der Waals surface area (Å²) >= 11 is 7.51. The highest BCUT2D eigenvalue weighted by Gasteiger charge is 2.01. The third kappa shape index (κ3) is 7.56. The molecular formula is C16H19N7OS3. The maximum absolute atomic E-state index is 5.77. The standard InChI is InChI=1S/C12H14N4OS.C4H5N3S2/c1-17-10-5-3-2-4-9(10)8-15-11(13)16-12-14-6-7-18-12;5-3(8)7-4-6-1-2-9-4/h2-7H,8H2,1H3,(H3,13,14,15,16);1-2H,(H3,5,6,7,8). The minimum absolute atomic E-state index is 0.255. The molecule has 0 saturated carbocycles. The van der Waals surface area contributed by atoms with E-state index in [1.807, 2.05) is 35.0 Å². The number of thiazole rings is 2. The third-order valence-corrected chi connectivity index (χ3v) is 4.42. The maximum Gasteiger partial charge on any atom is 0.195 e. The monoisotopic (exact) mass is 421 g/mol. The van der Waals surface area contributed by atoms with Crippen molar-refractivity contribution in [2.24, 2.45) is 16.5 Å². The minimum atomic E-state index is 0.255. The van der Waals surface area contributed by atoms with Gasteiger partial charge in [0.15, 0.2) is 21.3 Å². The van der Waals surface area contributed by atoms with Crippen molar-refractivity contribution in [3.05, 3.63) is 53.0 Å². The van der Waals surface area contributed by atoms with E-state index in [4.69, 9.17) is 16.2 Å². The summed E-state index contributed by atoms with van der Waals surface area (Å²) in [5.74, 6) is 1.15. The highest BCUT2D eigenvalue weighted by atomic mass is 32.1. The number of benzene rings is 1. The van der Waals surface area contributed by atoms with Crippen LogP contribution in [0.15, 0.2) is 52.4 Å². The van der Waals surface area contributed by atoms with E-state index < -0.39 is 0 Å². The van der Waals surface area contributed by atoms with Crippen molar-refractivity contribution in [2.75, 3.05) is 17.7 Å². The number of hydrogen-bond acceptors (Lipinski definition) is 7. The van der Waals surface area contributed by atoms with Gasteiger partial charge in [-0.25, -0.2) is 15.0 Å². The highest BCUT2D eigenvalue weighted by Crippen LogP contribution is 2.18. The maximum atomic E-state index is 5.77. The molecule has 0 bridgehead atoms. The van der Waals surface area contributed by atoms with Crippen molar-refractivity contribution in [3.8, 4) is 5.75 Å². The van der Waals surface area contributed by atoms with Gasteiger partial charge in [-0.3, -0.25) is 0 Å². The first-order valence-corrected chi connectivity index (χ1v) is 9.79. The zero-order valence-electron chi connectivity index (χ0n) is 14.5. The van der Waals surface area contributed by atoms with Crippen molar-refractivity contribution < 1.29 is 4.74 Å². The molecule has 0 fully saturated rings. The van der Waals surface area contributed by atoms with Crippen LogP contribution < -0.4 is 26.8 Å². The van der Waals surface area contributed by atoms with Gasteiger partial charge in [-0.1, -0.05) is 18.2 Å². The fourth-order valence-electron chi connectivity index (χ4n) is 1.83. The van der Waals surface area contributed by atoms with Gasteiger partial charge in [0.05, 0.1) is 13.7 Å². The Labute approximate surface area is 170 Å². The summed E-state index contributed by atoms with van der Waals surface area (Å²) in [4.78, 5) is 12.2. The Hall–Kier alpha value is -2.76. The fourth-order valence-corrected chi connectivity index (χ4v) is 3.07. The summed E-state index contributed by atoms with van der Waals surface area (Å²) < 4.78 is 5.24. The number of aromatic nitrogens is 2. The number of nitrogens with two attached hydrogens (primary N) is 2. The van der Waals surface area contributed by atoms with Crippen molar-refractivity contribution in [1.29, 1.82) is 0 Å². The van der Waals surface area contributed by atoms with Crippen LogP contribution in [0.1, 0.15) is 5.56 Å². The zero-order valence-corrected chi connectivity index (χ0v) is 16.9. The Kier molecular flexibility index (Phi) is 8.42. The normalized spacial score (nSPS) is 10.5. The molecule has 6 N–H and O–H groups in total. The van der Waals surface area contributed by atoms with Crippen molar-refractivity contribution in [2.45, 2.75) is 6.54 Å². The number of methoxy groups -OCH3 is 1. The van der Waals surface area contributed by atoms with Crippen molar-refractivity contribution in [3.63, 3.8) is 0 Å². The van der Waals surface area contributed by atoms with Crippen LogP contribution in [0.4, 0.5) is 10.3 Å². The van der Waals surface area contributed by atoms with Crippen molar-refractivity contribution in [1.82, 2.24) is 9.97 Å². The van der Waals surface area contributed by atoms with E-state index >= 15 is 0 Å². The summed E-state index contributed by atoms with van der Waals surface area (Å²) in [5, 5.41) is 11.1. The number of aliphatic imine (C=N–C) groups is 1. The SMILES string of the molecule is COc1ccccc1CN=C(N)Nc1nccs1.NC(=S)Nc1nccs1. The van der Waals surface area contributed by atoms with Gasteiger partial charge < -0.3 is 26.8 Å². The smallest absolute Gasteiger partial charge is 0.195 e. The molecule has 0 saturated heterocycles. The van der Waals surface area contributed by atoms with E-state index in [0.717, 1.165) is 21.6 Å². The van der Waals surface area contributed by atoms with E-state index in [1.165, 1.54) is 22.7 Å². The molecule has 0 spiro atoms. The first-order chi connectivity index (χ1) is 13.1. The molecule has 0 amide bonds. The first-order valence-electron chi connectivity index (χ1n) is 7.62. The number of nitrogens with one attached hydrogen (secondary N) is 2. The van der Waals surface area contributed by atoms with Crippen LogP contribution in [0.3, 0.4) is 0 Å². The third-order valence-electron chi connectivity index (χ3n) is 2.94. The predicted molar refractivity (Wildman–Crippen MR) is 117 cm³/mol. The Bertz CT molecular complexity index is 851. The average molecular weight is 422 g/mol. The molecule has 0 aliphatic heterocycles. The summed E-state index contributed by atoms with van der Waals surface area (Å²) in [6.45, 7) is 0.466. The number of ether oxygens (including phenoxy) is 1. The molecule has 142 valence electrons. The topological polar surface area (TPSA) is 123 Å². The summed E-state index contributed by atoms with van der Waals surface area (Å²) in [6, 6.07) is 7.72. The largest absolute Gasteiger partial charge is 0.496 e. The molecule has 0 aliphatic rings. The summed E-state index contributed by atoms with van der Waals surface area (Å²) in [7, 11) is 1.64. The van der Waals surface area contributed by atoms with Crippen LogP contribution in [0.25, 0.3) is 0 Å². The fraction of sp³-hybridized carbons (Fsp3) is 0.125. The van der Waals surface area contributed by atoms with E-state index in [0.29, 0.717) is 12.5 Å². The number of thiocarbonyl (C=S) groups is 1. The number of hydrogen-bond donors (Lipinski definition) is 4. The summed E-state index contributed by atoms with van der Waals surface area (Å²) in [5.41, 5.74) is 11.9. The lowest BCUT2D eigenvalue weighted by molar-refractivity contribution is 0.410. The van der Waals surface area contributed by atoms with Crippen LogP contribution in [0.5, 0.6) is 5.75 Å². The molecule has 11 heteroatoms. The van der Waals surface area contributed by atoms with E-state index in [2.05, 4.69) is 37.8 Å². The zero-order chi connectivity index (χ0) is 19.5. The number of para-hydroxylation sites is 1. The lowest BCUT2D eigenvalue weighted by Gasteiger charge is -2.06. The van der Waals surface area contributed by atoms with Crippen molar-refractivity contribution >= 4 is 56.2 Å².